The van der Waals surface area contributed by atoms with E-state index in [0.717, 1.165) is 16.9 Å². The fourth-order valence-corrected chi connectivity index (χ4v) is 4.44. The van der Waals surface area contributed by atoms with Gasteiger partial charge in [-0.1, -0.05) is 32.0 Å². The molecule has 1 aliphatic rings. The Labute approximate surface area is 211 Å². The van der Waals surface area contributed by atoms with Crippen LogP contribution in [0.4, 0.5) is 0 Å². The number of carbonyl (C=O) groups is 2. The van der Waals surface area contributed by atoms with E-state index in [1.807, 2.05) is 39.0 Å². The predicted octanol–water partition coefficient (Wildman–Crippen LogP) is 5.23. The molecular weight excluding hydrogens is 456 g/mol. The van der Waals surface area contributed by atoms with Crippen LogP contribution in [0.5, 0.6) is 11.5 Å². The summed E-state index contributed by atoms with van der Waals surface area (Å²) in [7, 11) is 1.58. The molecular formula is C29H30N2O5. The van der Waals surface area contributed by atoms with Crippen LogP contribution in [0.15, 0.2) is 72.6 Å². The topological polar surface area (TPSA) is 89.0 Å². The van der Waals surface area contributed by atoms with Crippen molar-refractivity contribution in [2.24, 2.45) is 0 Å². The third kappa shape index (κ3) is 4.82. The zero-order valence-corrected chi connectivity index (χ0v) is 20.9. The van der Waals surface area contributed by atoms with Gasteiger partial charge in [-0.05, 0) is 65.9 Å². The van der Waals surface area contributed by atoms with Gasteiger partial charge >= 0.3 is 0 Å². The lowest BCUT2D eigenvalue weighted by Gasteiger charge is -2.25. The van der Waals surface area contributed by atoms with Gasteiger partial charge in [0.15, 0.2) is 0 Å². The first-order valence-electron chi connectivity index (χ1n) is 11.9. The molecule has 36 heavy (non-hydrogen) atoms. The zero-order valence-electron chi connectivity index (χ0n) is 20.9. The number of ketones is 1. The highest BCUT2D eigenvalue weighted by molar-refractivity contribution is 6.46. The number of carbonyl (C=O) groups excluding carboxylic acids is 2. The normalized spacial score (nSPS) is 17.0. The van der Waals surface area contributed by atoms with Gasteiger partial charge in [-0.25, -0.2) is 0 Å². The number of hydrogen-bond acceptors (Lipinski definition) is 6. The number of ether oxygens (including phenoxy) is 2. The fraction of sp³-hybridized carbons (Fsp3) is 0.276. The van der Waals surface area contributed by atoms with Crippen LogP contribution in [0.3, 0.4) is 0 Å². The summed E-state index contributed by atoms with van der Waals surface area (Å²) in [5.74, 6) is -0.0599. The highest BCUT2D eigenvalue weighted by atomic mass is 16.5. The molecule has 1 atom stereocenters. The SMILES string of the molecule is CCOc1ccc(/C(O)=C2/C(=O)C(=O)N(Cc3ccc(OC)cc3)C2c2cccnc2)cc1C(C)C. The lowest BCUT2D eigenvalue weighted by atomic mass is 9.93. The number of methoxy groups -OCH3 is 1. The number of hydrogen-bond donors (Lipinski definition) is 1. The van der Waals surface area contributed by atoms with Gasteiger partial charge in [0.1, 0.15) is 17.3 Å². The Morgan fingerprint density at radius 3 is 2.47 bits per heavy atom. The molecule has 3 aromatic rings. The minimum atomic E-state index is -0.783. The quantitative estimate of drug-likeness (QED) is 0.266. The van der Waals surface area contributed by atoms with Gasteiger partial charge in [0.25, 0.3) is 11.7 Å². The van der Waals surface area contributed by atoms with Gasteiger partial charge in [0.2, 0.25) is 0 Å². The second-order valence-corrected chi connectivity index (χ2v) is 8.90. The average Bonchev–Trinajstić information content (AvgIpc) is 3.14. The molecule has 2 aromatic carbocycles. The van der Waals surface area contributed by atoms with E-state index < -0.39 is 17.7 Å². The molecule has 1 N–H and O–H groups in total. The van der Waals surface area contributed by atoms with E-state index in [9.17, 15) is 14.7 Å². The van der Waals surface area contributed by atoms with Gasteiger partial charge in [0.05, 0.1) is 25.3 Å². The molecule has 7 heteroatoms. The molecule has 0 spiro atoms. The molecule has 186 valence electrons. The summed E-state index contributed by atoms with van der Waals surface area (Å²) < 4.78 is 11.0. The Bertz CT molecular complexity index is 1280. The number of nitrogens with zero attached hydrogens (tertiary/aromatic N) is 2. The van der Waals surface area contributed by atoms with E-state index in [1.165, 1.54) is 4.90 Å². The van der Waals surface area contributed by atoms with E-state index in [2.05, 4.69) is 4.98 Å². The van der Waals surface area contributed by atoms with Crippen molar-refractivity contribution in [2.75, 3.05) is 13.7 Å². The first-order chi connectivity index (χ1) is 17.3. The fourth-order valence-electron chi connectivity index (χ4n) is 4.44. The van der Waals surface area contributed by atoms with Gasteiger partial charge in [-0.2, -0.15) is 0 Å². The first-order valence-corrected chi connectivity index (χ1v) is 11.9. The summed E-state index contributed by atoms with van der Waals surface area (Å²) in [6.07, 6.45) is 3.24. The van der Waals surface area contributed by atoms with Crippen LogP contribution < -0.4 is 9.47 Å². The largest absolute Gasteiger partial charge is 0.507 e. The molecule has 1 fully saturated rings. The molecule has 4 rings (SSSR count). The Morgan fingerprint density at radius 1 is 1.11 bits per heavy atom. The minimum absolute atomic E-state index is 0.0420. The van der Waals surface area contributed by atoms with Crippen molar-refractivity contribution < 1.29 is 24.2 Å². The summed E-state index contributed by atoms with van der Waals surface area (Å²) in [4.78, 5) is 32.2. The van der Waals surface area contributed by atoms with E-state index in [-0.39, 0.29) is 23.8 Å². The van der Waals surface area contributed by atoms with Crippen LogP contribution >= 0.6 is 0 Å². The highest BCUT2D eigenvalue weighted by Gasteiger charge is 2.46. The van der Waals surface area contributed by atoms with E-state index in [1.54, 1.807) is 55.9 Å². The monoisotopic (exact) mass is 486 g/mol. The predicted molar refractivity (Wildman–Crippen MR) is 137 cm³/mol. The van der Waals surface area contributed by atoms with Crippen molar-refractivity contribution >= 4 is 17.4 Å². The Kier molecular flexibility index (Phi) is 7.38. The van der Waals surface area contributed by atoms with Gasteiger partial charge in [-0.3, -0.25) is 14.6 Å². The van der Waals surface area contributed by atoms with Crippen LogP contribution in [0.2, 0.25) is 0 Å². The minimum Gasteiger partial charge on any atom is -0.507 e. The third-order valence-corrected chi connectivity index (χ3v) is 6.26. The zero-order chi connectivity index (χ0) is 25.8. The van der Waals surface area contributed by atoms with Gasteiger partial charge in [0, 0.05) is 24.5 Å². The second-order valence-electron chi connectivity index (χ2n) is 8.90. The van der Waals surface area contributed by atoms with Gasteiger partial charge in [-0.15, -0.1) is 0 Å². The molecule has 0 radical (unpaired) electrons. The number of benzene rings is 2. The Hall–Kier alpha value is -4.13. The number of aliphatic hydroxyl groups excluding tert-OH is 1. The van der Waals surface area contributed by atoms with E-state index in [0.29, 0.717) is 23.5 Å². The number of aliphatic hydroxyl groups is 1. The van der Waals surface area contributed by atoms with Crippen molar-refractivity contribution in [1.82, 2.24) is 9.88 Å². The molecule has 2 heterocycles. The number of amides is 1. The summed E-state index contributed by atoms with van der Waals surface area (Å²) >= 11 is 0. The lowest BCUT2D eigenvalue weighted by molar-refractivity contribution is -0.140. The average molecular weight is 487 g/mol. The molecule has 0 aliphatic carbocycles. The molecule has 1 unspecified atom stereocenters. The molecule has 1 amide bonds. The smallest absolute Gasteiger partial charge is 0.295 e. The number of rotatable bonds is 8. The maximum atomic E-state index is 13.3. The van der Waals surface area contributed by atoms with E-state index >= 15 is 0 Å². The van der Waals surface area contributed by atoms with Crippen LogP contribution in [0.1, 0.15) is 55.0 Å². The number of pyridine rings is 1. The standard InChI is InChI=1S/C29H30N2O5/c1-5-36-24-13-10-20(15-23(24)18(2)3)27(32)25-26(21-7-6-14-30-16-21)31(29(34)28(25)33)17-19-8-11-22(35-4)12-9-19/h6-16,18,26,32H,5,17H2,1-4H3/b27-25-. The third-order valence-electron chi connectivity index (χ3n) is 6.26. The van der Waals surface area contributed by atoms with Crippen LogP contribution in [-0.2, 0) is 16.1 Å². The lowest BCUT2D eigenvalue weighted by Crippen LogP contribution is -2.29. The van der Waals surface area contributed by atoms with E-state index in [4.69, 9.17) is 9.47 Å². The maximum Gasteiger partial charge on any atom is 0.295 e. The molecule has 0 bridgehead atoms. The van der Waals surface area contributed by atoms with Gasteiger partial charge < -0.3 is 19.5 Å². The summed E-state index contributed by atoms with van der Waals surface area (Å²) in [6.45, 7) is 6.68. The number of likely N-dealkylation sites (tertiary alicyclic amines) is 1. The van der Waals surface area contributed by atoms with Crippen LogP contribution in [0.25, 0.3) is 5.76 Å². The maximum absolute atomic E-state index is 13.3. The van der Waals surface area contributed by atoms with Crippen molar-refractivity contribution in [3.05, 3.63) is 94.8 Å². The summed E-state index contributed by atoms with van der Waals surface area (Å²) in [6, 6.07) is 15.4. The summed E-state index contributed by atoms with van der Waals surface area (Å²) in [5.41, 5.74) is 2.88. The van der Waals surface area contributed by atoms with Crippen LogP contribution in [-0.4, -0.2) is 40.4 Å². The summed E-state index contributed by atoms with van der Waals surface area (Å²) in [5, 5.41) is 11.4. The van der Waals surface area contributed by atoms with Crippen molar-refractivity contribution in [3.63, 3.8) is 0 Å². The van der Waals surface area contributed by atoms with Crippen LogP contribution in [0, 0.1) is 0 Å². The van der Waals surface area contributed by atoms with Crippen molar-refractivity contribution in [1.29, 1.82) is 0 Å². The molecule has 1 aromatic heterocycles. The van der Waals surface area contributed by atoms with Crippen molar-refractivity contribution in [2.45, 2.75) is 39.3 Å². The first kappa shape index (κ1) is 25.0. The number of Topliss-reactive ketones (excluding diaryl/α,β-unsaturated/α-hetero) is 1. The highest BCUT2D eigenvalue weighted by Crippen LogP contribution is 2.41. The Balaban J connectivity index is 1.82. The molecule has 7 nitrogen and oxygen atoms in total. The molecule has 0 saturated carbocycles. The molecule has 1 saturated heterocycles. The second kappa shape index (κ2) is 10.6. The molecule has 1 aliphatic heterocycles. The Morgan fingerprint density at radius 2 is 1.86 bits per heavy atom. The number of aromatic nitrogens is 1. The van der Waals surface area contributed by atoms with Crippen molar-refractivity contribution in [3.8, 4) is 11.5 Å².